The van der Waals surface area contributed by atoms with Crippen LogP contribution in [0, 0.1) is 0 Å². The summed E-state index contributed by atoms with van der Waals surface area (Å²) >= 11 is 0. The molecule has 1 rings (SSSR count). The average Bonchev–Trinajstić information content (AvgIpc) is 2.26. The zero-order chi connectivity index (χ0) is 9.19. The lowest BCUT2D eigenvalue weighted by Gasteiger charge is -2.16. The van der Waals surface area contributed by atoms with Gasteiger partial charge in [0.15, 0.2) is 0 Å². The molecule has 1 atom stereocenters. The number of likely N-dealkylation sites (tertiary alicyclic amines) is 1. The number of hydrogen-bond donors (Lipinski definition) is 1. The van der Waals surface area contributed by atoms with Crippen LogP contribution in [0.15, 0.2) is 0 Å². The number of nitrogens with two attached hydrogens (primary N) is 1. The van der Waals surface area contributed by atoms with Gasteiger partial charge in [-0.2, -0.15) is 0 Å². The Labute approximate surface area is 71.7 Å². The first-order valence-corrected chi connectivity index (χ1v) is 4.35. The normalized spacial score (nSPS) is 26.0. The molecular weight excluding hydrogens is 162 g/mol. The number of alkyl halides is 2. The fraction of sp³-hybridized carbons (Fsp3) is 1.00. The number of rotatable bonds is 3. The van der Waals surface area contributed by atoms with Gasteiger partial charge in [-0.3, -0.25) is 4.90 Å². The molecule has 0 bridgehead atoms. The van der Waals surface area contributed by atoms with Gasteiger partial charge in [-0.15, -0.1) is 0 Å². The van der Waals surface area contributed by atoms with Crippen LogP contribution < -0.4 is 5.73 Å². The van der Waals surface area contributed by atoms with E-state index in [-0.39, 0.29) is 19.0 Å². The van der Waals surface area contributed by atoms with Crippen molar-refractivity contribution in [2.24, 2.45) is 5.73 Å². The SMILES string of the molecule is CC(N)CCN1CCC(F)(F)C1. The highest BCUT2D eigenvalue weighted by atomic mass is 19.3. The standard InChI is InChI=1S/C8H16F2N2/c1-7(11)2-4-12-5-3-8(9,10)6-12/h7H,2-6,11H2,1H3. The van der Waals surface area contributed by atoms with Gasteiger partial charge in [-0.25, -0.2) is 8.78 Å². The number of halogens is 2. The molecule has 2 N–H and O–H groups in total. The van der Waals surface area contributed by atoms with Crippen LogP contribution in [-0.4, -0.2) is 36.5 Å². The molecule has 1 aliphatic heterocycles. The van der Waals surface area contributed by atoms with Crippen molar-refractivity contribution in [3.05, 3.63) is 0 Å². The van der Waals surface area contributed by atoms with Crippen LogP contribution in [0.3, 0.4) is 0 Å². The van der Waals surface area contributed by atoms with E-state index >= 15 is 0 Å². The first kappa shape index (κ1) is 9.86. The minimum atomic E-state index is -2.46. The van der Waals surface area contributed by atoms with Gasteiger partial charge >= 0.3 is 0 Å². The fourth-order valence-corrected chi connectivity index (χ4v) is 1.38. The van der Waals surface area contributed by atoms with E-state index in [4.69, 9.17) is 5.73 Å². The molecule has 0 aromatic carbocycles. The van der Waals surface area contributed by atoms with Gasteiger partial charge in [0, 0.05) is 19.0 Å². The van der Waals surface area contributed by atoms with Gasteiger partial charge in [-0.1, -0.05) is 0 Å². The molecule has 2 nitrogen and oxygen atoms in total. The van der Waals surface area contributed by atoms with Gasteiger partial charge in [0.25, 0.3) is 5.92 Å². The van der Waals surface area contributed by atoms with Gasteiger partial charge in [0.1, 0.15) is 0 Å². The summed E-state index contributed by atoms with van der Waals surface area (Å²) in [6, 6.07) is 0.110. The Bertz CT molecular complexity index is 148. The highest BCUT2D eigenvalue weighted by Gasteiger charge is 2.37. The Hall–Kier alpha value is -0.220. The van der Waals surface area contributed by atoms with Crippen LogP contribution >= 0.6 is 0 Å². The molecule has 4 heteroatoms. The van der Waals surface area contributed by atoms with E-state index in [1.54, 1.807) is 4.90 Å². The summed E-state index contributed by atoms with van der Waals surface area (Å²) in [7, 11) is 0. The smallest absolute Gasteiger partial charge is 0.261 e. The predicted octanol–water partition coefficient (Wildman–Crippen LogP) is 1.06. The third kappa shape index (κ3) is 3.03. The Morgan fingerprint density at radius 2 is 2.25 bits per heavy atom. The molecule has 1 aliphatic rings. The molecule has 0 amide bonds. The van der Waals surface area contributed by atoms with Crippen LogP contribution in [0.2, 0.25) is 0 Å². The molecule has 1 unspecified atom stereocenters. The van der Waals surface area contributed by atoms with Crippen molar-refractivity contribution in [1.82, 2.24) is 4.90 Å². The summed E-state index contributed by atoms with van der Waals surface area (Å²) < 4.78 is 25.3. The molecule has 72 valence electrons. The summed E-state index contributed by atoms with van der Waals surface area (Å²) in [4.78, 5) is 1.78. The van der Waals surface area contributed by atoms with Crippen molar-refractivity contribution in [1.29, 1.82) is 0 Å². The summed E-state index contributed by atoms with van der Waals surface area (Å²) in [5.41, 5.74) is 5.52. The van der Waals surface area contributed by atoms with Crippen LogP contribution in [0.25, 0.3) is 0 Å². The second-order valence-corrected chi connectivity index (χ2v) is 3.65. The van der Waals surface area contributed by atoms with E-state index in [0.29, 0.717) is 13.1 Å². The average molecular weight is 178 g/mol. The summed E-state index contributed by atoms with van der Waals surface area (Å²) in [6.45, 7) is 3.03. The Morgan fingerprint density at radius 1 is 1.58 bits per heavy atom. The minimum absolute atomic E-state index is 0.00591. The maximum atomic E-state index is 12.6. The maximum absolute atomic E-state index is 12.6. The Morgan fingerprint density at radius 3 is 2.67 bits per heavy atom. The van der Waals surface area contributed by atoms with E-state index in [2.05, 4.69) is 0 Å². The molecule has 1 heterocycles. The highest BCUT2D eigenvalue weighted by molar-refractivity contribution is 4.81. The summed E-state index contributed by atoms with van der Waals surface area (Å²) in [6.07, 6.45) is 0.808. The zero-order valence-electron chi connectivity index (χ0n) is 7.39. The largest absolute Gasteiger partial charge is 0.328 e. The first-order valence-electron chi connectivity index (χ1n) is 4.35. The van der Waals surface area contributed by atoms with Crippen molar-refractivity contribution in [2.45, 2.75) is 31.7 Å². The topological polar surface area (TPSA) is 29.3 Å². The van der Waals surface area contributed by atoms with Crippen LogP contribution in [-0.2, 0) is 0 Å². The molecule has 1 fully saturated rings. The van der Waals surface area contributed by atoms with Crippen molar-refractivity contribution in [2.75, 3.05) is 19.6 Å². The van der Waals surface area contributed by atoms with Gasteiger partial charge < -0.3 is 5.73 Å². The molecule has 0 spiro atoms. The second-order valence-electron chi connectivity index (χ2n) is 3.65. The molecule has 1 saturated heterocycles. The third-order valence-corrected chi connectivity index (χ3v) is 2.15. The molecule has 0 aromatic rings. The Kier molecular flexibility index (Phi) is 3.01. The number of nitrogens with zero attached hydrogens (tertiary/aromatic N) is 1. The molecule has 0 aliphatic carbocycles. The van der Waals surface area contributed by atoms with Crippen LogP contribution in [0.1, 0.15) is 19.8 Å². The van der Waals surface area contributed by atoms with Crippen LogP contribution in [0.5, 0.6) is 0 Å². The highest BCUT2D eigenvalue weighted by Crippen LogP contribution is 2.26. The van der Waals surface area contributed by atoms with Gasteiger partial charge in [0.05, 0.1) is 6.54 Å². The second kappa shape index (κ2) is 3.66. The Balaban J connectivity index is 2.20. The van der Waals surface area contributed by atoms with Gasteiger partial charge in [0.2, 0.25) is 0 Å². The molecular formula is C8H16F2N2. The lowest BCUT2D eigenvalue weighted by Crippen LogP contribution is -2.29. The van der Waals surface area contributed by atoms with Crippen molar-refractivity contribution in [3.63, 3.8) is 0 Å². The lowest BCUT2D eigenvalue weighted by atomic mass is 10.2. The monoisotopic (exact) mass is 178 g/mol. The quantitative estimate of drug-likeness (QED) is 0.700. The van der Waals surface area contributed by atoms with E-state index in [1.165, 1.54) is 0 Å². The predicted molar refractivity (Wildman–Crippen MR) is 44.3 cm³/mol. The van der Waals surface area contributed by atoms with Gasteiger partial charge in [-0.05, 0) is 19.9 Å². The molecule has 0 saturated carbocycles. The van der Waals surface area contributed by atoms with E-state index in [9.17, 15) is 8.78 Å². The fourth-order valence-electron chi connectivity index (χ4n) is 1.38. The van der Waals surface area contributed by atoms with Crippen molar-refractivity contribution < 1.29 is 8.78 Å². The maximum Gasteiger partial charge on any atom is 0.261 e. The van der Waals surface area contributed by atoms with Crippen molar-refractivity contribution >= 4 is 0 Å². The summed E-state index contributed by atoms with van der Waals surface area (Å²) in [5.74, 6) is -2.46. The minimum Gasteiger partial charge on any atom is -0.328 e. The van der Waals surface area contributed by atoms with Crippen LogP contribution in [0.4, 0.5) is 8.78 Å². The first-order chi connectivity index (χ1) is 5.49. The lowest BCUT2D eigenvalue weighted by molar-refractivity contribution is 0.0120. The zero-order valence-corrected chi connectivity index (χ0v) is 7.39. The molecule has 0 radical (unpaired) electrons. The third-order valence-electron chi connectivity index (χ3n) is 2.15. The van der Waals surface area contributed by atoms with E-state index < -0.39 is 5.92 Å². The molecule has 12 heavy (non-hydrogen) atoms. The van der Waals surface area contributed by atoms with E-state index in [1.807, 2.05) is 6.92 Å². The summed E-state index contributed by atoms with van der Waals surface area (Å²) in [5, 5.41) is 0. The van der Waals surface area contributed by atoms with Crippen molar-refractivity contribution in [3.8, 4) is 0 Å². The number of hydrogen-bond acceptors (Lipinski definition) is 2. The van der Waals surface area contributed by atoms with E-state index in [0.717, 1.165) is 6.42 Å². The molecule has 0 aromatic heterocycles.